The highest BCUT2D eigenvalue weighted by Gasteiger charge is 2.32. The maximum Gasteiger partial charge on any atom is 0.371 e. The fourth-order valence-electron chi connectivity index (χ4n) is 1.16. The van der Waals surface area contributed by atoms with E-state index in [0.29, 0.717) is 12.0 Å². The van der Waals surface area contributed by atoms with E-state index in [0.717, 1.165) is 0 Å². The molecule has 1 unspecified atom stereocenters. The van der Waals surface area contributed by atoms with E-state index in [1.807, 2.05) is 6.92 Å². The second-order valence-corrected chi connectivity index (χ2v) is 3.21. The van der Waals surface area contributed by atoms with Crippen molar-refractivity contribution >= 4 is 11.9 Å². The lowest BCUT2D eigenvalue weighted by Crippen LogP contribution is -2.22. The van der Waals surface area contributed by atoms with Gasteiger partial charge in [-0.15, -0.1) is 0 Å². The molecule has 7 heteroatoms. The van der Waals surface area contributed by atoms with Gasteiger partial charge in [-0.3, -0.25) is 0 Å². The number of aliphatic hydroxyl groups excluding tert-OH is 2. The molecule has 0 bridgehead atoms. The van der Waals surface area contributed by atoms with Gasteiger partial charge >= 0.3 is 11.9 Å². The van der Waals surface area contributed by atoms with Crippen molar-refractivity contribution in [2.24, 2.45) is 0 Å². The summed E-state index contributed by atoms with van der Waals surface area (Å²) in [6.45, 7) is 1.58. The van der Waals surface area contributed by atoms with Crippen molar-refractivity contribution in [1.29, 1.82) is 0 Å². The van der Waals surface area contributed by atoms with E-state index in [9.17, 15) is 9.59 Å². The van der Waals surface area contributed by atoms with Crippen molar-refractivity contribution in [3.63, 3.8) is 0 Å². The Hall–Kier alpha value is -1.86. The predicted octanol–water partition coefficient (Wildman–Crippen LogP) is -0.254. The monoisotopic (exact) mass is 260 g/mol. The van der Waals surface area contributed by atoms with E-state index >= 15 is 0 Å². The Morgan fingerprint density at radius 2 is 1.89 bits per heavy atom. The number of allylic oxidation sites excluding steroid dienone is 1. The molecule has 0 aromatic rings. The van der Waals surface area contributed by atoms with Gasteiger partial charge < -0.3 is 25.2 Å². The van der Waals surface area contributed by atoms with E-state index in [1.54, 1.807) is 6.08 Å². The summed E-state index contributed by atoms with van der Waals surface area (Å²) >= 11 is 0. The second-order valence-electron chi connectivity index (χ2n) is 3.21. The molecule has 0 spiro atoms. The number of carbonyl (C=O) groups is 2. The first-order valence-electron chi connectivity index (χ1n) is 5.24. The molecule has 1 rings (SSSR count). The minimum Gasteiger partial charge on any atom is -0.478 e. The Balaban J connectivity index is 0.000000631. The van der Waals surface area contributed by atoms with E-state index in [1.165, 1.54) is 6.08 Å². The highest BCUT2D eigenvalue weighted by molar-refractivity contribution is 5.89. The molecule has 0 saturated carbocycles. The van der Waals surface area contributed by atoms with Gasteiger partial charge in [-0.05, 0) is 12.5 Å². The molecule has 1 aliphatic rings. The lowest BCUT2D eigenvalue weighted by molar-refractivity contribution is -0.147. The molecule has 0 radical (unpaired) electrons. The Labute approximate surface area is 104 Å². The molecule has 4 N–H and O–H groups in total. The lowest BCUT2D eigenvalue weighted by Gasteiger charge is -2.07. The number of rotatable bonds is 4. The lowest BCUT2D eigenvalue weighted by atomic mass is 10.1. The maximum atomic E-state index is 10.7. The third-order valence-corrected chi connectivity index (χ3v) is 1.82. The average Bonchev–Trinajstić information content (AvgIpc) is 2.74. The molecule has 18 heavy (non-hydrogen) atoms. The van der Waals surface area contributed by atoms with Crippen LogP contribution in [0.1, 0.15) is 13.3 Å². The Bertz CT molecular complexity index is 354. The summed E-state index contributed by atoms with van der Waals surface area (Å²) < 4.78 is 4.74. The van der Waals surface area contributed by atoms with Crippen LogP contribution in [0.15, 0.2) is 23.5 Å². The molecule has 0 aromatic carbocycles. The van der Waals surface area contributed by atoms with Crippen molar-refractivity contribution in [2.75, 3.05) is 13.2 Å². The third-order valence-electron chi connectivity index (χ3n) is 1.82. The number of hydrogen-bond acceptors (Lipinski definition) is 5. The predicted molar refractivity (Wildman–Crippen MR) is 60.8 cm³/mol. The fraction of sp³-hybridized carbons (Fsp3) is 0.455. The molecule has 0 aliphatic carbocycles. The summed E-state index contributed by atoms with van der Waals surface area (Å²) in [6.07, 6.45) is 2.33. The second kappa shape index (κ2) is 8.26. The van der Waals surface area contributed by atoms with Crippen LogP contribution in [-0.2, 0) is 14.3 Å². The molecule has 102 valence electrons. The zero-order chi connectivity index (χ0) is 14.1. The van der Waals surface area contributed by atoms with Gasteiger partial charge in [-0.1, -0.05) is 13.0 Å². The van der Waals surface area contributed by atoms with Gasteiger partial charge in [0.25, 0.3) is 0 Å². The Morgan fingerprint density at radius 3 is 2.22 bits per heavy atom. The van der Waals surface area contributed by atoms with Crippen molar-refractivity contribution in [3.05, 3.63) is 23.5 Å². The molecule has 0 saturated heterocycles. The van der Waals surface area contributed by atoms with Crippen LogP contribution in [0.4, 0.5) is 0 Å². The third kappa shape index (κ3) is 4.98. The molecule has 1 heterocycles. The van der Waals surface area contributed by atoms with Gasteiger partial charge in [-0.2, -0.15) is 0 Å². The SMILES string of the molecule is CCC=C1C=C(C(=O)O)OC1C(=O)O.OCCO. The minimum absolute atomic E-state index is 0.125. The minimum atomic E-state index is -1.25. The van der Waals surface area contributed by atoms with Gasteiger partial charge in [-0.25, -0.2) is 9.59 Å². The maximum absolute atomic E-state index is 10.7. The quantitative estimate of drug-likeness (QED) is 0.549. The van der Waals surface area contributed by atoms with E-state index in [4.69, 9.17) is 25.2 Å². The number of hydrogen-bond donors (Lipinski definition) is 4. The van der Waals surface area contributed by atoms with Gasteiger partial charge in [0.15, 0.2) is 0 Å². The molecule has 0 fully saturated rings. The Kier molecular flexibility index (Phi) is 7.41. The van der Waals surface area contributed by atoms with Crippen LogP contribution >= 0.6 is 0 Å². The first-order chi connectivity index (χ1) is 8.47. The summed E-state index contributed by atoms with van der Waals surface area (Å²) in [5.41, 5.74) is 0.386. The molecule has 7 nitrogen and oxygen atoms in total. The summed E-state index contributed by atoms with van der Waals surface area (Å²) in [7, 11) is 0. The molecule has 1 atom stereocenters. The van der Waals surface area contributed by atoms with Gasteiger partial charge in [0.2, 0.25) is 11.9 Å². The van der Waals surface area contributed by atoms with E-state index in [-0.39, 0.29) is 19.0 Å². The van der Waals surface area contributed by atoms with Gasteiger partial charge in [0.1, 0.15) is 0 Å². The van der Waals surface area contributed by atoms with Crippen LogP contribution in [0.25, 0.3) is 0 Å². The van der Waals surface area contributed by atoms with Crippen LogP contribution in [0.5, 0.6) is 0 Å². The van der Waals surface area contributed by atoms with Crippen molar-refractivity contribution in [1.82, 2.24) is 0 Å². The highest BCUT2D eigenvalue weighted by atomic mass is 16.5. The summed E-state index contributed by atoms with van der Waals surface area (Å²) in [5.74, 6) is -2.76. The summed E-state index contributed by atoms with van der Waals surface area (Å²) in [6, 6.07) is 0. The zero-order valence-corrected chi connectivity index (χ0v) is 9.87. The number of aliphatic hydroxyl groups is 2. The van der Waals surface area contributed by atoms with E-state index < -0.39 is 18.0 Å². The first-order valence-corrected chi connectivity index (χ1v) is 5.24. The standard InChI is InChI=1S/C9H10O5.C2H6O2/c1-2-3-5-4-6(8(10)11)14-7(5)9(12)13;3-1-2-4/h3-4,7H,2H2,1H3,(H,10,11)(H,12,13);3-4H,1-2H2. The smallest absolute Gasteiger partial charge is 0.371 e. The van der Waals surface area contributed by atoms with Crippen molar-refractivity contribution in [3.8, 4) is 0 Å². The van der Waals surface area contributed by atoms with Crippen LogP contribution in [0, 0.1) is 0 Å². The van der Waals surface area contributed by atoms with Crippen molar-refractivity contribution in [2.45, 2.75) is 19.4 Å². The van der Waals surface area contributed by atoms with Crippen LogP contribution in [0.2, 0.25) is 0 Å². The molecule has 0 aromatic heterocycles. The van der Waals surface area contributed by atoms with Crippen LogP contribution in [-0.4, -0.2) is 51.7 Å². The van der Waals surface area contributed by atoms with Crippen LogP contribution < -0.4 is 0 Å². The number of ether oxygens (including phenoxy) is 1. The van der Waals surface area contributed by atoms with Crippen LogP contribution in [0.3, 0.4) is 0 Å². The zero-order valence-electron chi connectivity index (χ0n) is 9.87. The topological polar surface area (TPSA) is 124 Å². The number of aliphatic carboxylic acids is 2. The molecule has 1 aliphatic heterocycles. The summed E-state index contributed by atoms with van der Waals surface area (Å²) in [4.78, 5) is 21.2. The normalized spacial score (nSPS) is 19.6. The number of carboxylic acid groups (broad SMARTS) is 2. The van der Waals surface area contributed by atoms with Gasteiger partial charge in [0, 0.05) is 5.57 Å². The van der Waals surface area contributed by atoms with Gasteiger partial charge in [0.05, 0.1) is 13.2 Å². The molecule has 0 amide bonds. The fourth-order valence-corrected chi connectivity index (χ4v) is 1.16. The molecular weight excluding hydrogens is 244 g/mol. The number of carboxylic acids is 2. The highest BCUT2D eigenvalue weighted by Crippen LogP contribution is 2.23. The summed E-state index contributed by atoms with van der Waals surface area (Å²) in [5, 5.41) is 32.6. The van der Waals surface area contributed by atoms with E-state index in [2.05, 4.69) is 0 Å². The Morgan fingerprint density at radius 1 is 1.33 bits per heavy atom. The molecular formula is C11H16O7. The first kappa shape index (κ1) is 16.1. The largest absolute Gasteiger partial charge is 0.478 e. The van der Waals surface area contributed by atoms with Crippen molar-refractivity contribution < 1.29 is 34.8 Å². The average molecular weight is 260 g/mol.